The van der Waals surface area contributed by atoms with Crippen molar-refractivity contribution in [1.29, 1.82) is 0 Å². The topological polar surface area (TPSA) is 18.5 Å². The number of hydrogen-bond donors (Lipinski definition) is 1. The highest BCUT2D eigenvalue weighted by Crippen LogP contribution is 2.23. The van der Waals surface area contributed by atoms with Crippen LogP contribution in [0.5, 0.6) is 0 Å². The smallest absolute Gasteiger partial charge is 0.0375 e. The van der Waals surface area contributed by atoms with E-state index in [1.54, 1.807) is 0 Å². The number of nitrogens with one attached hydrogen (secondary N) is 1. The third-order valence-electron chi connectivity index (χ3n) is 4.66. The first-order valence-electron chi connectivity index (χ1n) is 7.51. The molecule has 0 aromatic rings. The van der Waals surface area contributed by atoms with Crippen LogP contribution in [0.1, 0.15) is 32.6 Å². The van der Waals surface area contributed by atoms with Gasteiger partial charge in [0.15, 0.2) is 0 Å². The first-order valence-corrected chi connectivity index (χ1v) is 7.51. The van der Waals surface area contributed by atoms with Gasteiger partial charge in [0, 0.05) is 38.4 Å². The summed E-state index contributed by atoms with van der Waals surface area (Å²) in [4.78, 5) is 5.27. The van der Waals surface area contributed by atoms with E-state index in [9.17, 15) is 0 Å². The van der Waals surface area contributed by atoms with Crippen molar-refractivity contribution in [1.82, 2.24) is 15.1 Å². The van der Waals surface area contributed by atoms with E-state index in [1.807, 2.05) is 7.05 Å². The van der Waals surface area contributed by atoms with E-state index in [4.69, 9.17) is 0 Å². The largest absolute Gasteiger partial charge is 0.391 e. The van der Waals surface area contributed by atoms with E-state index in [1.165, 1.54) is 51.9 Å². The number of likely N-dealkylation sites (tertiary alicyclic amines) is 2. The van der Waals surface area contributed by atoms with E-state index in [2.05, 4.69) is 28.6 Å². The highest BCUT2D eigenvalue weighted by atomic mass is 15.2. The molecule has 0 spiro atoms. The first-order chi connectivity index (χ1) is 8.69. The third kappa shape index (κ3) is 3.72. The lowest BCUT2D eigenvalue weighted by Crippen LogP contribution is -2.48. The molecule has 0 amide bonds. The number of nitrogens with zero attached hydrogens (tertiary/aromatic N) is 2. The zero-order valence-corrected chi connectivity index (χ0v) is 12.1. The molecule has 0 saturated carbocycles. The predicted octanol–water partition coefficient (Wildman–Crippen LogP) is 1.92. The molecule has 2 fully saturated rings. The zero-order chi connectivity index (χ0) is 13.0. The van der Waals surface area contributed by atoms with Crippen LogP contribution in [-0.2, 0) is 0 Å². The SMILES string of the molecule is C=C(CN1CCC(N2CCC(C)CC2)CC1)NC. The molecule has 0 radical (unpaired) electrons. The Kier molecular flexibility index (Phi) is 5.07. The second kappa shape index (κ2) is 6.58. The Morgan fingerprint density at radius 3 is 2.28 bits per heavy atom. The van der Waals surface area contributed by atoms with E-state index in [0.717, 1.165) is 24.2 Å². The van der Waals surface area contributed by atoms with Gasteiger partial charge in [-0.2, -0.15) is 0 Å². The number of rotatable bonds is 4. The van der Waals surface area contributed by atoms with Gasteiger partial charge in [0.05, 0.1) is 0 Å². The van der Waals surface area contributed by atoms with Crippen LogP contribution in [0.4, 0.5) is 0 Å². The number of piperidine rings is 2. The Balaban J connectivity index is 1.71. The van der Waals surface area contributed by atoms with Crippen LogP contribution in [0.25, 0.3) is 0 Å². The second-order valence-electron chi connectivity index (χ2n) is 6.08. The first kappa shape index (κ1) is 13.9. The van der Waals surface area contributed by atoms with Crippen molar-refractivity contribution in [3.8, 4) is 0 Å². The molecule has 0 aliphatic carbocycles. The van der Waals surface area contributed by atoms with Crippen molar-refractivity contribution in [3.63, 3.8) is 0 Å². The molecule has 0 aromatic carbocycles. The Morgan fingerprint density at radius 1 is 1.11 bits per heavy atom. The van der Waals surface area contributed by atoms with Gasteiger partial charge < -0.3 is 10.2 Å². The van der Waals surface area contributed by atoms with Gasteiger partial charge in [-0.1, -0.05) is 13.5 Å². The fourth-order valence-corrected chi connectivity index (χ4v) is 3.19. The third-order valence-corrected chi connectivity index (χ3v) is 4.66. The second-order valence-corrected chi connectivity index (χ2v) is 6.08. The van der Waals surface area contributed by atoms with Crippen LogP contribution >= 0.6 is 0 Å². The normalized spacial score (nSPS) is 25.2. The maximum atomic E-state index is 4.02. The lowest BCUT2D eigenvalue weighted by Gasteiger charge is -2.41. The van der Waals surface area contributed by atoms with E-state index < -0.39 is 0 Å². The van der Waals surface area contributed by atoms with Crippen LogP contribution in [0.3, 0.4) is 0 Å². The standard InChI is InChI=1S/C15H29N3/c1-13-4-10-18(11-5-13)15-6-8-17(9-7-15)12-14(2)16-3/h13,15-16H,2,4-12H2,1,3H3. The summed E-state index contributed by atoms with van der Waals surface area (Å²) in [5.74, 6) is 0.945. The highest BCUT2D eigenvalue weighted by Gasteiger charge is 2.26. The van der Waals surface area contributed by atoms with Crippen LogP contribution in [0.15, 0.2) is 12.3 Å². The molecule has 0 unspecified atom stereocenters. The predicted molar refractivity (Wildman–Crippen MR) is 77.6 cm³/mol. The molecule has 2 aliphatic rings. The summed E-state index contributed by atoms with van der Waals surface area (Å²) in [6.07, 6.45) is 5.48. The van der Waals surface area contributed by atoms with Crippen LogP contribution in [0.2, 0.25) is 0 Å². The monoisotopic (exact) mass is 251 g/mol. The molecule has 2 saturated heterocycles. The Hall–Kier alpha value is -0.540. The van der Waals surface area contributed by atoms with Gasteiger partial charge in [0.25, 0.3) is 0 Å². The lowest BCUT2D eigenvalue weighted by molar-refractivity contribution is 0.0831. The van der Waals surface area contributed by atoms with E-state index in [-0.39, 0.29) is 0 Å². The molecule has 3 nitrogen and oxygen atoms in total. The minimum absolute atomic E-state index is 0.844. The molecule has 2 heterocycles. The Morgan fingerprint density at radius 2 is 1.72 bits per heavy atom. The van der Waals surface area contributed by atoms with Crippen LogP contribution < -0.4 is 5.32 Å². The minimum Gasteiger partial charge on any atom is -0.391 e. The van der Waals surface area contributed by atoms with Crippen LogP contribution in [0, 0.1) is 5.92 Å². The van der Waals surface area contributed by atoms with Crippen molar-refractivity contribution in [3.05, 3.63) is 12.3 Å². The van der Waals surface area contributed by atoms with Crippen molar-refractivity contribution >= 4 is 0 Å². The summed E-state index contributed by atoms with van der Waals surface area (Å²) in [6, 6.07) is 0.844. The maximum Gasteiger partial charge on any atom is 0.0375 e. The fraction of sp³-hybridized carbons (Fsp3) is 0.867. The van der Waals surface area contributed by atoms with Gasteiger partial charge >= 0.3 is 0 Å². The molecule has 104 valence electrons. The minimum atomic E-state index is 0.844. The molecule has 2 aliphatic heterocycles. The van der Waals surface area contributed by atoms with Crippen molar-refractivity contribution < 1.29 is 0 Å². The van der Waals surface area contributed by atoms with Gasteiger partial charge in [-0.3, -0.25) is 4.90 Å². The molecule has 2 rings (SSSR count). The molecular weight excluding hydrogens is 222 g/mol. The number of likely N-dealkylation sites (N-methyl/N-ethyl adjacent to an activating group) is 1. The van der Waals surface area contributed by atoms with Gasteiger partial charge in [-0.25, -0.2) is 0 Å². The summed E-state index contributed by atoms with van der Waals surface area (Å²) >= 11 is 0. The average Bonchev–Trinajstić information content (AvgIpc) is 2.40. The molecule has 0 bridgehead atoms. The summed E-state index contributed by atoms with van der Waals surface area (Å²) in [5, 5.41) is 3.15. The highest BCUT2D eigenvalue weighted by molar-refractivity contribution is 4.94. The molecule has 3 heteroatoms. The van der Waals surface area contributed by atoms with E-state index >= 15 is 0 Å². The Bertz CT molecular complexity index is 261. The van der Waals surface area contributed by atoms with Gasteiger partial charge in [-0.05, 0) is 44.7 Å². The van der Waals surface area contributed by atoms with Gasteiger partial charge in [0.1, 0.15) is 0 Å². The molecular formula is C15H29N3. The zero-order valence-electron chi connectivity index (χ0n) is 12.1. The van der Waals surface area contributed by atoms with Crippen molar-refractivity contribution in [2.24, 2.45) is 5.92 Å². The quantitative estimate of drug-likeness (QED) is 0.823. The maximum absolute atomic E-state index is 4.02. The summed E-state index contributed by atoms with van der Waals surface area (Å²) < 4.78 is 0. The van der Waals surface area contributed by atoms with Crippen molar-refractivity contribution in [2.45, 2.75) is 38.6 Å². The fourth-order valence-electron chi connectivity index (χ4n) is 3.19. The average molecular weight is 251 g/mol. The summed E-state index contributed by atoms with van der Waals surface area (Å²) in [6.45, 7) is 12.6. The molecule has 18 heavy (non-hydrogen) atoms. The van der Waals surface area contributed by atoms with Crippen molar-refractivity contribution in [2.75, 3.05) is 39.8 Å². The number of hydrogen-bond acceptors (Lipinski definition) is 3. The Labute approximate surface area is 112 Å². The molecule has 0 aromatic heterocycles. The summed E-state index contributed by atoms with van der Waals surface area (Å²) in [7, 11) is 1.96. The van der Waals surface area contributed by atoms with E-state index in [0.29, 0.717) is 0 Å². The summed E-state index contributed by atoms with van der Waals surface area (Å²) in [5.41, 5.74) is 1.14. The van der Waals surface area contributed by atoms with Gasteiger partial charge in [0.2, 0.25) is 0 Å². The molecule has 1 N–H and O–H groups in total. The molecule has 0 atom stereocenters. The lowest BCUT2D eigenvalue weighted by atomic mass is 9.95. The van der Waals surface area contributed by atoms with Crippen LogP contribution in [-0.4, -0.2) is 55.6 Å². The van der Waals surface area contributed by atoms with Gasteiger partial charge in [-0.15, -0.1) is 0 Å².